The molecule has 5 nitrogen and oxygen atoms in total. The van der Waals surface area contributed by atoms with E-state index in [2.05, 4.69) is 10.9 Å². The third-order valence-corrected chi connectivity index (χ3v) is 3.04. The molecule has 0 spiro atoms. The summed E-state index contributed by atoms with van der Waals surface area (Å²) in [7, 11) is 0. The fourth-order valence-corrected chi connectivity index (χ4v) is 1.94. The lowest BCUT2D eigenvalue weighted by atomic mass is 10.2. The highest BCUT2D eigenvalue weighted by molar-refractivity contribution is 6.31. The van der Waals surface area contributed by atoms with Crippen molar-refractivity contribution in [2.45, 2.75) is 0 Å². The number of halogens is 2. The summed E-state index contributed by atoms with van der Waals surface area (Å²) in [4.78, 5) is 23.4. The molecule has 0 aliphatic heterocycles. The van der Waals surface area contributed by atoms with Crippen LogP contribution in [0.3, 0.4) is 0 Å². The second-order valence-electron chi connectivity index (χ2n) is 4.26. The molecule has 0 unspecified atom stereocenters. The van der Waals surface area contributed by atoms with Crippen molar-refractivity contribution in [3.05, 3.63) is 64.1 Å². The maximum Gasteiger partial charge on any atom is 0.276 e. The normalized spacial score (nSPS) is 9.91. The van der Waals surface area contributed by atoms with Gasteiger partial charge >= 0.3 is 0 Å². The molecule has 0 bridgehead atoms. The Hall–Kier alpha value is -2.24. The van der Waals surface area contributed by atoms with Crippen LogP contribution in [-0.2, 0) is 4.79 Å². The van der Waals surface area contributed by atoms with E-state index >= 15 is 0 Å². The van der Waals surface area contributed by atoms with Gasteiger partial charge in [0.25, 0.3) is 11.8 Å². The summed E-state index contributed by atoms with van der Waals surface area (Å²) >= 11 is 11.6. The van der Waals surface area contributed by atoms with Gasteiger partial charge in [0.05, 0.1) is 0 Å². The molecule has 2 aromatic carbocycles. The SMILES string of the molecule is O=C(COc1cccc(Cl)c1)NNC(=O)c1cccc(Cl)c1. The molecule has 0 atom stereocenters. The molecule has 2 amide bonds. The van der Waals surface area contributed by atoms with Gasteiger partial charge in [-0.15, -0.1) is 0 Å². The van der Waals surface area contributed by atoms with Crippen LogP contribution in [0.1, 0.15) is 10.4 Å². The molecule has 0 fully saturated rings. The molecule has 7 heteroatoms. The van der Waals surface area contributed by atoms with Gasteiger partial charge < -0.3 is 4.74 Å². The van der Waals surface area contributed by atoms with E-state index < -0.39 is 11.8 Å². The van der Waals surface area contributed by atoms with E-state index in [9.17, 15) is 9.59 Å². The molecule has 0 aromatic heterocycles. The van der Waals surface area contributed by atoms with Crippen LogP contribution in [0.5, 0.6) is 5.75 Å². The maximum atomic E-state index is 11.8. The zero-order valence-electron chi connectivity index (χ0n) is 11.3. The summed E-state index contributed by atoms with van der Waals surface area (Å²) in [5.74, 6) is -0.516. The Morgan fingerprint density at radius 1 is 0.955 bits per heavy atom. The molecular formula is C15H12Cl2N2O3. The first-order valence-corrected chi connectivity index (χ1v) is 7.03. The minimum atomic E-state index is -0.504. The summed E-state index contributed by atoms with van der Waals surface area (Å²) in [6.45, 7) is -0.254. The first kappa shape index (κ1) is 16.1. The number of amides is 2. The van der Waals surface area contributed by atoms with Crippen molar-refractivity contribution in [3.8, 4) is 5.75 Å². The minimum Gasteiger partial charge on any atom is -0.484 e. The number of carbonyl (C=O) groups excluding carboxylic acids is 2. The van der Waals surface area contributed by atoms with Gasteiger partial charge in [-0.1, -0.05) is 35.3 Å². The monoisotopic (exact) mass is 338 g/mol. The average molecular weight is 339 g/mol. The molecule has 2 N–H and O–H groups in total. The number of hydrazine groups is 1. The molecule has 22 heavy (non-hydrogen) atoms. The first-order chi connectivity index (χ1) is 10.5. The van der Waals surface area contributed by atoms with Crippen molar-refractivity contribution in [3.63, 3.8) is 0 Å². The van der Waals surface area contributed by atoms with Gasteiger partial charge in [0.2, 0.25) is 0 Å². The summed E-state index contributed by atoms with van der Waals surface area (Å²) in [5, 5.41) is 0.940. The number of benzene rings is 2. The van der Waals surface area contributed by atoms with Crippen molar-refractivity contribution in [1.29, 1.82) is 0 Å². The standard InChI is InChI=1S/C15H12Cl2N2O3/c16-11-4-1-3-10(7-11)15(21)19-18-14(20)9-22-13-6-2-5-12(17)8-13/h1-8H,9H2,(H,18,20)(H,19,21). The van der Waals surface area contributed by atoms with Crippen molar-refractivity contribution in [2.75, 3.05) is 6.61 Å². The zero-order valence-corrected chi connectivity index (χ0v) is 12.8. The minimum absolute atomic E-state index is 0.254. The van der Waals surface area contributed by atoms with Crippen molar-refractivity contribution in [1.82, 2.24) is 10.9 Å². The smallest absolute Gasteiger partial charge is 0.276 e. The van der Waals surface area contributed by atoms with Crippen LogP contribution in [0.2, 0.25) is 10.0 Å². The molecule has 2 rings (SSSR count). The van der Waals surface area contributed by atoms with E-state index in [0.29, 0.717) is 21.4 Å². The third-order valence-electron chi connectivity index (χ3n) is 2.57. The van der Waals surface area contributed by atoms with E-state index in [1.807, 2.05) is 0 Å². The molecular weight excluding hydrogens is 327 g/mol. The van der Waals surface area contributed by atoms with Gasteiger partial charge in [0.15, 0.2) is 6.61 Å². The molecule has 114 valence electrons. The van der Waals surface area contributed by atoms with E-state index in [0.717, 1.165) is 0 Å². The van der Waals surface area contributed by atoms with Crippen LogP contribution in [0.4, 0.5) is 0 Å². The van der Waals surface area contributed by atoms with Crippen molar-refractivity contribution >= 4 is 35.0 Å². The number of carbonyl (C=O) groups is 2. The predicted molar refractivity (Wildman–Crippen MR) is 84.0 cm³/mol. The highest BCUT2D eigenvalue weighted by atomic mass is 35.5. The number of nitrogens with one attached hydrogen (secondary N) is 2. The van der Waals surface area contributed by atoms with Crippen LogP contribution in [0.25, 0.3) is 0 Å². The second-order valence-corrected chi connectivity index (χ2v) is 5.13. The van der Waals surface area contributed by atoms with E-state index in [1.54, 1.807) is 42.5 Å². The van der Waals surface area contributed by atoms with Gasteiger partial charge in [-0.3, -0.25) is 20.4 Å². The zero-order chi connectivity index (χ0) is 15.9. The number of ether oxygens (including phenoxy) is 1. The Bertz CT molecular complexity index is 692. The van der Waals surface area contributed by atoms with Gasteiger partial charge in [0, 0.05) is 15.6 Å². The average Bonchev–Trinajstić information content (AvgIpc) is 2.50. The third kappa shape index (κ3) is 4.95. The van der Waals surface area contributed by atoms with E-state index in [1.165, 1.54) is 6.07 Å². The summed E-state index contributed by atoms with van der Waals surface area (Å²) in [6.07, 6.45) is 0. The van der Waals surface area contributed by atoms with Crippen molar-refractivity contribution in [2.24, 2.45) is 0 Å². The molecule has 0 aliphatic carbocycles. The number of hydrogen-bond acceptors (Lipinski definition) is 3. The Morgan fingerprint density at radius 2 is 1.64 bits per heavy atom. The van der Waals surface area contributed by atoms with Crippen molar-refractivity contribution < 1.29 is 14.3 Å². The van der Waals surface area contributed by atoms with Gasteiger partial charge in [-0.25, -0.2) is 0 Å². The van der Waals surface area contributed by atoms with Crippen LogP contribution >= 0.6 is 23.2 Å². The largest absolute Gasteiger partial charge is 0.484 e. The van der Waals surface area contributed by atoms with Crippen LogP contribution in [0, 0.1) is 0 Å². The fraction of sp³-hybridized carbons (Fsp3) is 0.0667. The molecule has 0 aliphatic rings. The Kier molecular flexibility index (Phi) is 5.63. The quantitative estimate of drug-likeness (QED) is 0.842. The first-order valence-electron chi connectivity index (χ1n) is 6.28. The predicted octanol–water partition coefficient (Wildman–Crippen LogP) is 2.83. The highest BCUT2D eigenvalue weighted by Gasteiger charge is 2.08. The van der Waals surface area contributed by atoms with E-state index in [-0.39, 0.29) is 6.61 Å². The van der Waals surface area contributed by atoms with Crippen LogP contribution in [0.15, 0.2) is 48.5 Å². The molecule has 0 saturated carbocycles. The lowest BCUT2D eigenvalue weighted by Crippen LogP contribution is -2.43. The summed E-state index contributed by atoms with van der Waals surface area (Å²) < 4.78 is 5.24. The fourth-order valence-electron chi connectivity index (χ4n) is 1.57. The lowest BCUT2D eigenvalue weighted by molar-refractivity contribution is -0.123. The van der Waals surface area contributed by atoms with E-state index in [4.69, 9.17) is 27.9 Å². The second kappa shape index (κ2) is 7.68. The van der Waals surface area contributed by atoms with Crippen LogP contribution in [-0.4, -0.2) is 18.4 Å². The van der Waals surface area contributed by atoms with Crippen LogP contribution < -0.4 is 15.6 Å². The number of rotatable bonds is 4. The Labute approximate surface area is 137 Å². The Morgan fingerprint density at radius 3 is 2.32 bits per heavy atom. The highest BCUT2D eigenvalue weighted by Crippen LogP contribution is 2.16. The molecule has 0 radical (unpaired) electrons. The van der Waals surface area contributed by atoms with Gasteiger partial charge in [-0.05, 0) is 36.4 Å². The lowest BCUT2D eigenvalue weighted by Gasteiger charge is -2.09. The summed E-state index contributed by atoms with van der Waals surface area (Å²) in [6, 6.07) is 13.0. The van der Waals surface area contributed by atoms with Gasteiger partial charge in [0.1, 0.15) is 5.75 Å². The topological polar surface area (TPSA) is 67.4 Å². The van der Waals surface area contributed by atoms with Gasteiger partial charge in [-0.2, -0.15) is 0 Å². The molecule has 2 aromatic rings. The number of hydrogen-bond donors (Lipinski definition) is 2. The molecule has 0 saturated heterocycles. The Balaban J connectivity index is 1.79. The molecule has 0 heterocycles. The maximum absolute atomic E-state index is 11.8. The summed E-state index contributed by atoms with van der Waals surface area (Å²) in [5.41, 5.74) is 4.85.